The summed E-state index contributed by atoms with van der Waals surface area (Å²) in [5.41, 5.74) is 0.921. The van der Waals surface area contributed by atoms with Crippen LogP contribution in [0.3, 0.4) is 0 Å². The highest BCUT2D eigenvalue weighted by molar-refractivity contribution is 5.87. The molecule has 0 saturated heterocycles. The Morgan fingerprint density at radius 3 is 2.42 bits per heavy atom. The van der Waals surface area contributed by atoms with E-state index in [1.807, 2.05) is 44.2 Å². The Morgan fingerprint density at radius 1 is 1.37 bits per heavy atom. The van der Waals surface area contributed by atoms with Gasteiger partial charge >= 0.3 is 5.97 Å². The number of benzene rings is 1. The maximum Gasteiger partial charge on any atom is 0.326 e. The van der Waals surface area contributed by atoms with Crippen molar-refractivity contribution in [1.82, 2.24) is 5.32 Å². The van der Waals surface area contributed by atoms with Gasteiger partial charge in [-0.15, -0.1) is 0 Å². The van der Waals surface area contributed by atoms with Crippen molar-refractivity contribution in [2.24, 2.45) is 11.3 Å². The van der Waals surface area contributed by atoms with Crippen LogP contribution in [-0.4, -0.2) is 23.0 Å². The van der Waals surface area contributed by atoms with Crippen LogP contribution in [0.4, 0.5) is 0 Å². The summed E-state index contributed by atoms with van der Waals surface area (Å²) < 4.78 is 0. The molecule has 1 aromatic rings. The standard InChI is InChI=1S/C15H19NO3/c1-15(2)9-11(15)13(17)16-12(14(18)19)8-10-6-4-3-5-7-10/h3-7,11-12H,8-9H2,1-2H3,(H,16,17)(H,18,19)/t11-,12-/m1/s1. The fourth-order valence-electron chi connectivity index (χ4n) is 2.24. The maximum absolute atomic E-state index is 12.0. The molecule has 1 aliphatic rings. The fraction of sp³-hybridized carbons (Fsp3) is 0.467. The molecule has 1 amide bonds. The van der Waals surface area contributed by atoms with E-state index in [0.29, 0.717) is 6.42 Å². The van der Waals surface area contributed by atoms with E-state index >= 15 is 0 Å². The minimum atomic E-state index is -0.990. The summed E-state index contributed by atoms with van der Waals surface area (Å²) in [6.07, 6.45) is 1.14. The van der Waals surface area contributed by atoms with Crippen LogP contribution in [0, 0.1) is 11.3 Å². The van der Waals surface area contributed by atoms with Gasteiger partial charge in [0.2, 0.25) is 5.91 Å². The lowest BCUT2D eigenvalue weighted by molar-refractivity contribution is -0.142. The average molecular weight is 261 g/mol. The Labute approximate surface area is 112 Å². The Hall–Kier alpha value is -1.84. The van der Waals surface area contributed by atoms with E-state index in [0.717, 1.165) is 12.0 Å². The van der Waals surface area contributed by atoms with Crippen LogP contribution in [-0.2, 0) is 16.0 Å². The molecule has 0 aliphatic heterocycles. The molecule has 102 valence electrons. The van der Waals surface area contributed by atoms with E-state index in [1.54, 1.807) is 0 Å². The second-order valence-electron chi connectivity index (χ2n) is 5.83. The highest BCUT2D eigenvalue weighted by Gasteiger charge is 2.51. The van der Waals surface area contributed by atoms with Crippen molar-refractivity contribution in [1.29, 1.82) is 0 Å². The molecule has 2 atom stereocenters. The monoisotopic (exact) mass is 261 g/mol. The summed E-state index contributed by atoms with van der Waals surface area (Å²) in [6.45, 7) is 4.04. The SMILES string of the molecule is CC1(C)C[C@@H]1C(=O)N[C@H](Cc1ccccc1)C(=O)O. The number of carbonyl (C=O) groups is 2. The van der Waals surface area contributed by atoms with Crippen molar-refractivity contribution >= 4 is 11.9 Å². The second kappa shape index (κ2) is 5.03. The summed E-state index contributed by atoms with van der Waals surface area (Å²) in [5.74, 6) is -1.19. The van der Waals surface area contributed by atoms with Gasteiger partial charge < -0.3 is 10.4 Å². The summed E-state index contributed by atoms with van der Waals surface area (Å²) >= 11 is 0. The molecule has 2 rings (SSSR count). The number of hydrogen-bond donors (Lipinski definition) is 2. The van der Waals surface area contributed by atoms with E-state index in [1.165, 1.54) is 0 Å². The predicted molar refractivity (Wildman–Crippen MR) is 71.6 cm³/mol. The molecule has 0 radical (unpaired) electrons. The van der Waals surface area contributed by atoms with E-state index in [9.17, 15) is 14.7 Å². The summed E-state index contributed by atoms with van der Waals surface area (Å²) in [4.78, 5) is 23.2. The molecular weight excluding hydrogens is 242 g/mol. The smallest absolute Gasteiger partial charge is 0.326 e. The molecule has 4 heteroatoms. The molecule has 1 fully saturated rings. The number of carboxylic acid groups (broad SMARTS) is 1. The quantitative estimate of drug-likeness (QED) is 0.850. The van der Waals surface area contributed by atoms with E-state index in [4.69, 9.17) is 0 Å². The van der Waals surface area contributed by atoms with Crippen LogP contribution in [0.25, 0.3) is 0 Å². The van der Waals surface area contributed by atoms with Gasteiger partial charge in [-0.1, -0.05) is 44.2 Å². The molecule has 2 N–H and O–H groups in total. The first-order valence-corrected chi connectivity index (χ1v) is 6.47. The topological polar surface area (TPSA) is 66.4 Å². The number of carbonyl (C=O) groups excluding carboxylic acids is 1. The molecule has 1 saturated carbocycles. The lowest BCUT2D eigenvalue weighted by Crippen LogP contribution is -2.43. The third-order valence-corrected chi connectivity index (χ3v) is 3.73. The summed E-state index contributed by atoms with van der Waals surface area (Å²) in [5, 5.41) is 11.8. The van der Waals surface area contributed by atoms with Gasteiger partial charge in [-0.05, 0) is 17.4 Å². The normalized spacial score (nSPS) is 21.5. The van der Waals surface area contributed by atoms with Gasteiger partial charge in [0.15, 0.2) is 0 Å². The predicted octanol–water partition coefficient (Wildman–Crippen LogP) is 1.84. The van der Waals surface area contributed by atoms with Crippen molar-refractivity contribution < 1.29 is 14.7 Å². The van der Waals surface area contributed by atoms with Crippen molar-refractivity contribution in [3.63, 3.8) is 0 Å². The van der Waals surface area contributed by atoms with E-state index in [-0.39, 0.29) is 17.2 Å². The number of nitrogens with one attached hydrogen (secondary N) is 1. The average Bonchev–Trinajstić information content (AvgIpc) is 2.99. The number of amides is 1. The maximum atomic E-state index is 12.0. The molecule has 0 aromatic heterocycles. The van der Waals surface area contributed by atoms with Crippen molar-refractivity contribution in [3.05, 3.63) is 35.9 Å². The van der Waals surface area contributed by atoms with Crippen LogP contribution < -0.4 is 5.32 Å². The molecule has 0 spiro atoms. The van der Waals surface area contributed by atoms with Crippen LogP contribution in [0.5, 0.6) is 0 Å². The highest BCUT2D eigenvalue weighted by Crippen LogP contribution is 2.51. The van der Waals surface area contributed by atoms with Crippen molar-refractivity contribution in [2.45, 2.75) is 32.7 Å². The zero-order valence-corrected chi connectivity index (χ0v) is 11.2. The summed E-state index contributed by atoms with van der Waals surface area (Å²) in [7, 11) is 0. The highest BCUT2D eigenvalue weighted by atomic mass is 16.4. The minimum absolute atomic E-state index is 0.0138. The molecule has 0 unspecified atom stereocenters. The summed E-state index contributed by atoms with van der Waals surface area (Å²) in [6, 6.07) is 8.48. The Kier molecular flexibility index (Phi) is 3.60. The Balaban J connectivity index is 1.98. The van der Waals surface area contributed by atoms with Crippen molar-refractivity contribution in [3.8, 4) is 0 Å². The first kappa shape index (κ1) is 13.6. The second-order valence-corrected chi connectivity index (χ2v) is 5.83. The fourth-order valence-corrected chi connectivity index (χ4v) is 2.24. The van der Waals surface area contributed by atoms with Crippen LogP contribution in [0.2, 0.25) is 0 Å². The van der Waals surface area contributed by atoms with E-state index in [2.05, 4.69) is 5.32 Å². The van der Waals surface area contributed by atoms with Crippen LogP contribution in [0.15, 0.2) is 30.3 Å². The zero-order valence-electron chi connectivity index (χ0n) is 11.2. The first-order chi connectivity index (χ1) is 8.90. The Bertz CT molecular complexity index is 481. The largest absolute Gasteiger partial charge is 0.480 e. The number of carboxylic acids is 1. The van der Waals surface area contributed by atoms with Crippen LogP contribution in [0.1, 0.15) is 25.8 Å². The van der Waals surface area contributed by atoms with E-state index < -0.39 is 12.0 Å². The number of rotatable bonds is 5. The lowest BCUT2D eigenvalue weighted by Gasteiger charge is -2.15. The van der Waals surface area contributed by atoms with Crippen LogP contribution >= 0.6 is 0 Å². The number of aliphatic carboxylic acids is 1. The zero-order chi connectivity index (χ0) is 14.0. The van der Waals surface area contributed by atoms with Gasteiger partial charge in [0.1, 0.15) is 6.04 Å². The molecule has 1 aromatic carbocycles. The molecule has 4 nitrogen and oxygen atoms in total. The van der Waals surface area contributed by atoms with Crippen molar-refractivity contribution in [2.75, 3.05) is 0 Å². The van der Waals surface area contributed by atoms with Gasteiger partial charge in [0, 0.05) is 12.3 Å². The number of hydrogen-bond acceptors (Lipinski definition) is 2. The third-order valence-electron chi connectivity index (χ3n) is 3.73. The van der Waals surface area contributed by atoms with Gasteiger partial charge in [-0.25, -0.2) is 4.79 Å². The van der Waals surface area contributed by atoms with Gasteiger partial charge in [0.25, 0.3) is 0 Å². The molecule has 0 heterocycles. The third kappa shape index (κ3) is 3.34. The molecular formula is C15H19NO3. The molecule has 1 aliphatic carbocycles. The van der Waals surface area contributed by atoms with Gasteiger partial charge in [-0.2, -0.15) is 0 Å². The molecule has 0 bridgehead atoms. The Morgan fingerprint density at radius 2 is 1.95 bits per heavy atom. The minimum Gasteiger partial charge on any atom is -0.480 e. The molecule has 19 heavy (non-hydrogen) atoms. The lowest BCUT2D eigenvalue weighted by atomic mass is 10.0. The van der Waals surface area contributed by atoms with Gasteiger partial charge in [-0.3, -0.25) is 4.79 Å². The van der Waals surface area contributed by atoms with Gasteiger partial charge in [0.05, 0.1) is 0 Å². The first-order valence-electron chi connectivity index (χ1n) is 6.47.